The fraction of sp³-hybridized carbons (Fsp3) is 0.933. The number of guanidine groups is 1. The van der Waals surface area contributed by atoms with Gasteiger partial charge < -0.3 is 29.6 Å². The van der Waals surface area contributed by atoms with Gasteiger partial charge in [-0.15, -0.1) is 0 Å². The summed E-state index contributed by atoms with van der Waals surface area (Å²) in [5.41, 5.74) is 0. The highest BCUT2D eigenvalue weighted by atomic mass is 16.5. The van der Waals surface area contributed by atoms with Crippen LogP contribution in [0.2, 0.25) is 0 Å². The molecule has 0 bridgehead atoms. The Morgan fingerprint density at radius 1 is 1.14 bits per heavy atom. The Kier molecular flexibility index (Phi) is 12.0. The predicted octanol–water partition coefficient (Wildman–Crippen LogP) is 0.258. The van der Waals surface area contributed by atoms with E-state index in [1.54, 1.807) is 14.2 Å². The maximum absolute atomic E-state index is 5.66. The smallest absolute Gasteiger partial charge is 0.191 e. The molecule has 0 aliphatic carbocycles. The van der Waals surface area contributed by atoms with Gasteiger partial charge in [0.15, 0.2) is 5.96 Å². The van der Waals surface area contributed by atoms with Crippen LogP contribution in [0.15, 0.2) is 4.99 Å². The molecule has 0 amide bonds. The van der Waals surface area contributed by atoms with Crippen molar-refractivity contribution in [2.24, 2.45) is 10.9 Å². The number of methoxy groups -OCH3 is 1. The van der Waals surface area contributed by atoms with Crippen LogP contribution >= 0.6 is 0 Å². The summed E-state index contributed by atoms with van der Waals surface area (Å²) in [6.07, 6.45) is 2.08. The molecule has 1 aliphatic heterocycles. The summed E-state index contributed by atoms with van der Waals surface area (Å²) in [6, 6.07) is 0. The molecule has 1 atom stereocenters. The van der Waals surface area contributed by atoms with Crippen molar-refractivity contribution < 1.29 is 18.9 Å². The highest BCUT2D eigenvalue weighted by molar-refractivity contribution is 5.79. The average molecular weight is 317 g/mol. The molecule has 0 aromatic carbocycles. The Bertz CT molecular complexity index is 284. The van der Waals surface area contributed by atoms with E-state index in [0.29, 0.717) is 25.7 Å². The van der Waals surface area contributed by atoms with E-state index in [1.807, 2.05) is 0 Å². The minimum atomic E-state index is 0.584. The van der Waals surface area contributed by atoms with Crippen LogP contribution in [-0.4, -0.2) is 79.5 Å². The highest BCUT2D eigenvalue weighted by Gasteiger charge is 2.15. The molecule has 0 aromatic rings. The van der Waals surface area contributed by atoms with Crippen molar-refractivity contribution in [1.29, 1.82) is 0 Å². The van der Waals surface area contributed by atoms with Gasteiger partial charge in [0.25, 0.3) is 0 Å². The Hall–Kier alpha value is -0.890. The largest absolute Gasteiger partial charge is 0.382 e. The second-order valence-electron chi connectivity index (χ2n) is 5.19. The van der Waals surface area contributed by atoms with E-state index < -0.39 is 0 Å². The van der Waals surface area contributed by atoms with Gasteiger partial charge in [0.1, 0.15) is 0 Å². The topological polar surface area (TPSA) is 73.3 Å². The summed E-state index contributed by atoms with van der Waals surface area (Å²) < 4.78 is 21.3. The molecule has 2 N–H and O–H groups in total. The van der Waals surface area contributed by atoms with Gasteiger partial charge in [-0.3, -0.25) is 4.99 Å². The molecular weight excluding hydrogens is 286 g/mol. The first-order valence-electron chi connectivity index (χ1n) is 8.03. The first-order valence-corrected chi connectivity index (χ1v) is 8.03. The third-order valence-electron chi connectivity index (χ3n) is 3.33. The molecule has 1 heterocycles. The number of hydrogen-bond donors (Lipinski definition) is 2. The van der Waals surface area contributed by atoms with Crippen LogP contribution in [0.4, 0.5) is 0 Å². The summed E-state index contributed by atoms with van der Waals surface area (Å²) in [4.78, 5) is 4.16. The van der Waals surface area contributed by atoms with Gasteiger partial charge in [0, 0.05) is 46.4 Å². The zero-order valence-corrected chi connectivity index (χ0v) is 13.9. The molecule has 7 nitrogen and oxygen atoms in total. The Balaban J connectivity index is 1.88. The van der Waals surface area contributed by atoms with Crippen LogP contribution in [0.5, 0.6) is 0 Å². The van der Waals surface area contributed by atoms with E-state index in [9.17, 15) is 0 Å². The normalized spacial score (nSPS) is 18.6. The van der Waals surface area contributed by atoms with Crippen molar-refractivity contribution in [1.82, 2.24) is 10.6 Å². The minimum Gasteiger partial charge on any atom is -0.382 e. The van der Waals surface area contributed by atoms with Gasteiger partial charge in [0.05, 0.1) is 33.0 Å². The molecular formula is C15H31N3O4. The van der Waals surface area contributed by atoms with E-state index in [0.717, 1.165) is 58.3 Å². The monoisotopic (exact) mass is 317 g/mol. The highest BCUT2D eigenvalue weighted by Crippen LogP contribution is 2.12. The van der Waals surface area contributed by atoms with Crippen molar-refractivity contribution >= 4 is 5.96 Å². The Morgan fingerprint density at radius 2 is 2.00 bits per heavy atom. The lowest BCUT2D eigenvalue weighted by Crippen LogP contribution is -2.39. The molecule has 1 saturated heterocycles. The second-order valence-corrected chi connectivity index (χ2v) is 5.19. The number of nitrogens with zero attached hydrogens (tertiary/aromatic N) is 1. The van der Waals surface area contributed by atoms with Crippen LogP contribution in [-0.2, 0) is 18.9 Å². The lowest BCUT2D eigenvalue weighted by molar-refractivity contribution is 0.0733. The number of rotatable bonds is 12. The maximum atomic E-state index is 5.66. The molecule has 1 unspecified atom stereocenters. The quantitative estimate of drug-likeness (QED) is 0.306. The van der Waals surface area contributed by atoms with Crippen molar-refractivity contribution in [2.45, 2.75) is 12.8 Å². The molecule has 0 spiro atoms. The Labute approximate surface area is 133 Å². The number of nitrogens with one attached hydrogen (secondary N) is 2. The van der Waals surface area contributed by atoms with Crippen LogP contribution in [0.3, 0.4) is 0 Å². The molecule has 7 heteroatoms. The fourth-order valence-corrected chi connectivity index (χ4v) is 2.05. The van der Waals surface area contributed by atoms with Gasteiger partial charge in [-0.2, -0.15) is 0 Å². The summed E-state index contributed by atoms with van der Waals surface area (Å²) in [5.74, 6) is 1.38. The summed E-state index contributed by atoms with van der Waals surface area (Å²) in [5, 5.41) is 6.45. The standard InChI is InChI=1S/C15H31N3O4/c1-16-15(18-6-9-20-11-10-19-2)17-5-3-7-21-12-14-4-8-22-13-14/h14H,3-13H2,1-2H3,(H2,16,17,18). The van der Waals surface area contributed by atoms with Gasteiger partial charge >= 0.3 is 0 Å². The summed E-state index contributed by atoms with van der Waals surface area (Å²) >= 11 is 0. The van der Waals surface area contributed by atoms with E-state index in [-0.39, 0.29) is 0 Å². The first kappa shape index (κ1) is 19.2. The van der Waals surface area contributed by atoms with Gasteiger partial charge in [0.2, 0.25) is 0 Å². The number of hydrogen-bond acceptors (Lipinski definition) is 5. The molecule has 0 aromatic heterocycles. The molecule has 130 valence electrons. The number of ether oxygens (including phenoxy) is 4. The van der Waals surface area contributed by atoms with Gasteiger partial charge in [-0.25, -0.2) is 0 Å². The molecule has 1 fully saturated rings. The fourth-order valence-electron chi connectivity index (χ4n) is 2.05. The summed E-state index contributed by atoms with van der Waals surface area (Å²) in [6.45, 7) is 6.75. The predicted molar refractivity (Wildman–Crippen MR) is 86.4 cm³/mol. The zero-order chi connectivity index (χ0) is 15.9. The van der Waals surface area contributed by atoms with E-state index in [1.165, 1.54) is 0 Å². The summed E-state index contributed by atoms with van der Waals surface area (Å²) in [7, 11) is 3.43. The van der Waals surface area contributed by atoms with E-state index in [2.05, 4.69) is 15.6 Å². The van der Waals surface area contributed by atoms with Crippen LogP contribution < -0.4 is 10.6 Å². The molecule has 1 aliphatic rings. The average Bonchev–Trinajstić information content (AvgIpc) is 3.05. The third kappa shape index (κ3) is 9.94. The van der Waals surface area contributed by atoms with Crippen LogP contribution in [0, 0.1) is 5.92 Å². The molecule has 0 saturated carbocycles. The van der Waals surface area contributed by atoms with E-state index in [4.69, 9.17) is 18.9 Å². The molecule has 0 radical (unpaired) electrons. The lowest BCUT2D eigenvalue weighted by atomic mass is 10.1. The van der Waals surface area contributed by atoms with E-state index >= 15 is 0 Å². The third-order valence-corrected chi connectivity index (χ3v) is 3.33. The van der Waals surface area contributed by atoms with Crippen molar-refractivity contribution in [3.05, 3.63) is 0 Å². The van der Waals surface area contributed by atoms with Gasteiger partial charge in [-0.05, 0) is 12.8 Å². The van der Waals surface area contributed by atoms with Crippen LogP contribution in [0.1, 0.15) is 12.8 Å². The first-order chi connectivity index (χ1) is 10.9. The SMILES string of the molecule is CN=C(NCCCOCC1CCOC1)NCCOCCOC. The number of aliphatic imine (C=N–C) groups is 1. The Morgan fingerprint density at radius 3 is 2.73 bits per heavy atom. The zero-order valence-electron chi connectivity index (χ0n) is 13.9. The molecule has 22 heavy (non-hydrogen) atoms. The maximum Gasteiger partial charge on any atom is 0.191 e. The van der Waals surface area contributed by atoms with Crippen molar-refractivity contribution in [2.75, 3.05) is 73.5 Å². The second kappa shape index (κ2) is 13.8. The van der Waals surface area contributed by atoms with Crippen LogP contribution in [0.25, 0.3) is 0 Å². The lowest BCUT2D eigenvalue weighted by Gasteiger charge is -2.12. The van der Waals surface area contributed by atoms with Crippen molar-refractivity contribution in [3.63, 3.8) is 0 Å². The van der Waals surface area contributed by atoms with Gasteiger partial charge in [-0.1, -0.05) is 0 Å². The minimum absolute atomic E-state index is 0.584. The molecule has 1 rings (SSSR count). The van der Waals surface area contributed by atoms with Crippen molar-refractivity contribution in [3.8, 4) is 0 Å².